The predicted octanol–water partition coefficient (Wildman–Crippen LogP) is 3.53. The quantitative estimate of drug-likeness (QED) is 0.251. The minimum Gasteiger partial charge on any atom is -0.497 e. The van der Waals surface area contributed by atoms with Crippen molar-refractivity contribution >= 4 is 14.3 Å². The summed E-state index contributed by atoms with van der Waals surface area (Å²) in [5.41, 5.74) is 0. The van der Waals surface area contributed by atoms with Gasteiger partial charge in [0.05, 0.1) is 7.11 Å². The molecule has 7 nitrogen and oxygen atoms in total. The maximum atomic E-state index is 11.6. The van der Waals surface area contributed by atoms with Crippen LogP contribution < -0.4 is 9.47 Å². The summed E-state index contributed by atoms with van der Waals surface area (Å²) in [6, 6.07) is 7.15. The largest absolute Gasteiger partial charge is 0.497 e. The van der Waals surface area contributed by atoms with Gasteiger partial charge in [-0.2, -0.15) is 0 Å². The summed E-state index contributed by atoms with van der Waals surface area (Å²) >= 11 is 0. The number of carbonyl (C=O) groups excluding carboxylic acids is 1. The highest BCUT2D eigenvalue weighted by Gasteiger charge is 2.40. The Morgan fingerprint density at radius 3 is 2.24 bits per heavy atom. The number of hydrogen-bond acceptors (Lipinski definition) is 7. The molecule has 0 unspecified atom stereocenters. The van der Waals surface area contributed by atoms with Gasteiger partial charge in [-0.05, 0) is 48.5 Å². The lowest BCUT2D eigenvalue weighted by atomic mass is 10.2. The van der Waals surface area contributed by atoms with Crippen molar-refractivity contribution in [2.75, 3.05) is 27.6 Å². The Hall–Kier alpha value is -1.87. The number of esters is 1. The number of aliphatic hydroxyl groups excluding tert-OH is 1. The molecule has 0 aliphatic rings. The van der Waals surface area contributed by atoms with Crippen molar-refractivity contribution in [1.29, 1.82) is 0 Å². The minimum absolute atomic E-state index is 0.0494. The summed E-state index contributed by atoms with van der Waals surface area (Å²) in [6.45, 7) is 10.5. The molecular weight excluding hydrogens is 392 g/mol. The summed E-state index contributed by atoms with van der Waals surface area (Å²) in [4.78, 5) is 11.6. The van der Waals surface area contributed by atoms with Crippen molar-refractivity contribution in [3.63, 3.8) is 0 Å². The van der Waals surface area contributed by atoms with Gasteiger partial charge in [0.15, 0.2) is 15.1 Å². The Bertz CT molecular complexity index is 650. The molecule has 1 N–H and O–H groups in total. The first-order valence-electron chi connectivity index (χ1n) is 9.47. The van der Waals surface area contributed by atoms with Crippen LogP contribution in [0.2, 0.25) is 18.1 Å². The van der Waals surface area contributed by atoms with Gasteiger partial charge in [-0.1, -0.05) is 20.8 Å². The van der Waals surface area contributed by atoms with Crippen LogP contribution in [-0.2, 0) is 18.7 Å². The van der Waals surface area contributed by atoms with E-state index in [1.54, 1.807) is 31.4 Å². The number of ether oxygens (including phenoxy) is 4. The molecule has 164 valence electrons. The highest BCUT2D eigenvalue weighted by molar-refractivity contribution is 6.74. The molecule has 0 fully saturated rings. The van der Waals surface area contributed by atoms with Crippen molar-refractivity contribution in [2.45, 2.75) is 51.1 Å². The molecule has 1 aromatic rings. The molecule has 0 radical (unpaired) electrons. The SMILES string of the molecule is COCOC(=O)C=C[C@@H](O)[C@@H](COc1ccc(OC)cc1)O[Si](C)(C)C(C)(C)C. The van der Waals surface area contributed by atoms with Crippen LogP contribution in [-0.4, -0.2) is 59.2 Å². The van der Waals surface area contributed by atoms with Crippen LogP contribution in [0.15, 0.2) is 36.4 Å². The van der Waals surface area contributed by atoms with Crippen molar-refractivity contribution in [1.82, 2.24) is 0 Å². The lowest BCUT2D eigenvalue weighted by Crippen LogP contribution is -2.48. The number of benzene rings is 1. The maximum absolute atomic E-state index is 11.6. The molecule has 8 heteroatoms. The van der Waals surface area contributed by atoms with Crippen molar-refractivity contribution < 1.29 is 33.3 Å². The minimum atomic E-state index is -2.19. The topological polar surface area (TPSA) is 83.5 Å². The fourth-order valence-electron chi connectivity index (χ4n) is 2.07. The van der Waals surface area contributed by atoms with E-state index in [0.717, 1.165) is 5.75 Å². The number of aliphatic hydroxyl groups is 1. The van der Waals surface area contributed by atoms with Gasteiger partial charge >= 0.3 is 5.97 Å². The second kappa shape index (κ2) is 11.3. The van der Waals surface area contributed by atoms with E-state index in [4.69, 9.17) is 18.6 Å². The van der Waals surface area contributed by atoms with Crippen LogP contribution in [0.5, 0.6) is 11.5 Å². The average Bonchev–Trinajstić information content (AvgIpc) is 2.67. The van der Waals surface area contributed by atoms with Crippen molar-refractivity contribution in [3.8, 4) is 11.5 Å². The van der Waals surface area contributed by atoms with E-state index >= 15 is 0 Å². The van der Waals surface area contributed by atoms with Crippen LogP contribution in [0.25, 0.3) is 0 Å². The molecule has 0 saturated carbocycles. The van der Waals surface area contributed by atoms with E-state index in [2.05, 4.69) is 38.6 Å². The van der Waals surface area contributed by atoms with E-state index in [9.17, 15) is 9.90 Å². The summed E-state index contributed by atoms with van der Waals surface area (Å²) in [5, 5.41) is 10.6. The molecule has 0 amide bonds. The molecule has 0 heterocycles. The Morgan fingerprint density at radius 1 is 1.14 bits per heavy atom. The third-order valence-corrected chi connectivity index (χ3v) is 9.36. The second-order valence-electron chi connectivity index (χ2n) is 8.12. The third kappa shape index (κ3) is 8.57. The standard InChI is InChI=1S/C21H34O7Si/c1-21(2,3)29(6,7)28-19(18(22)12-13-20(23)27-15-24-4)14-26-17-10-8-16(25-5)9-11-17/h8-13,18-19,22H,14-15H2,1-7H3/t18-,19-/m1/s1. The number of hydrogen-bond donors (Lipinski definition) is 1. The number of methoxy groups -OCH3 is 2. The molecular formula is C21H34O7Si. The highest BCUT2D eigenvalue weighted by Crippen LogP contribution is 2.37. The van der Waals surface area contributed by atoms with E-state index in [0.29, 0.717) is 5.75 Å². The van der Waals surface area contributed by atoms with Crippen molar-refractivity contribution in [3.05, 3.63) is 36.4 Å². The van der Waals surface area contributed by atoms with Gasteiger partial charge in [-0.15, -0.1) is 0 Å². The van der Waals surface area contributed by atoms with Gasteiger partial charge in [-0.25, -0.2) is 4.79 Å². The molecule has 0 aliphatic carbocycles. The first-order chi connectivity index (χ1) is 13.5. The summed E-state index contributed by atoms with van der Waals surface area (Å²) in [5.74, 6) is 0.752. The van der Waals surface area contributed by atoms with Gasteiger partial charge in [0.2, 0.25) is 0 Å². The summed E-state index contributed by atoms with van der Waals surface area (Å²) < 4.78 is 26.8. The van der Waals surface area contributed by atoms with E-state index < -0.39 is 26.5 Å². The van der Waals surface area contributed by atoms with Crippen LogP contribution in [0.3, 0.4) is 0 Å². The van der Waals surface area contributed by atoms with Gasteiger partial charge in [0.25, 0.3) is 0 Å². The number of rotatable bonds is 11. The zero-order chi connectivity index (χ0) is 22.1. The van der Waals surface area contributed by atoms with Crippen LogP contribution >= 0.6 is 0 Å². The van der Waals surface area contributed by atoms with Crippen LogP contribution in [0, 0.1) is 0 Å². The fourth-order valence-corrected chi connectivity index (χ4v) is 3.39. The Balaban J connectivity index is 2.89. The van der Waals surface area contributed by atoms with Gasteiger partial charge in [-0.3, -0.25) is 0 Å². The Morgan fingerprint density at radius 2 is 1.72 bits per heavy atom. The van der Waals surface area contributed by atoms with E-state index in [1.165, 1.54) is 19.3 Å². The zero-order valence-corrected chi connectivity index (χ0v) is 19.4. The van der Waals surface area contributed by atoms with E-state index in [1.807, 2.05) is 0 Å². The zero-order valence-electron chi connectivity index (χ0n) is 18.4. The fraction of sp³-hybridized carbons (Fsp3) is 0.571. The molecule has 1 aromatic carbocycles. The molecule has 29 heavy (non-hydrogen) atoms. The Labute approximate surface area is 174 Å². The van der Waals surface area contributed by atoms with Crippen LogP contribution in [0.4, 0.5) is 0 Å². The van der Waals surface area contributed by atoms with Crippen LogP contribution in [0.1, 0.15) is 20.8 Å². The normalized spacial score (nSPS) is 14.5. The predicted molar refractivity (Wildman–Crippen MR) is 114 cm³/mol. The molecule has 1 rings (SSSR count). The highest BCUT2D eigenvalue weighted by atomic mass is 28.4. The summed E-state index contributed by atoms with van der Waals surface area (Å²) in [6.07, 6.45) is 0.827. The lowest BCUT2D eigenvalue weighted by molar-refractivity contribution is -0.148. The third-order valence-electron chi connectivity index (χ3n) is 4.86. The first-order valence-corrected chi connectivity index (χ1v) is 12.4. The molecule has 2 atom stereocenters. The average molecular weight is 427 g/mol. The van der Waals surface area contributed by atoms with Gasteiger partial charge in [0, 0.05) is 13.2 Å². The number of carbonyl (C=O) groups is 1. The van der Waals surface area contributed by atoms with Gasteiger partial charge < -0.3 is 28.5 Å². The molecule has 0 spiro atoms. The molecule has 0 bridgehead atoms. The maximum Gasteiger partial charge on any atom is 0.332 e. The summed E-state index contributed by atoms with van der Waals surface area (Å²) in [7, 11) is 0.828. The molecule has 0 aromatic heterocycles. The Kier molecular flexibility index (Phi) is 9.85. The first kappa shape index (κ1) is 25.2. The smallest absolute Gasteiger partial charge is 0.332 e. The second-order valence-corrected chi connectivity index (χ2v) is 12.9. The molecule has 0 saturated heterocycles. The lowest BCUT2D eigenvalue weighted by Gasteiger charge is -2.40. The monoisotopic (exact) mass is 426 g/mol. The van der Waals surface area contributed by atoms with Gasteiger partial charge in [0.1, 0.15) is 30.3 Å². The van der Waals surface area contributed by atoms with E-state index in [-0.39, 0.29) is 18.4 Å². The van der Waals surface area contributed by atoms with Crippen molar-refractivity contribution in [2.24, 2.45) is 0 Å². The molecule has 0 aliphatic heterocycles.